The monoisotopic (exact) mass is 441 g/mol. The van der Waals surface area contributed by atoms with E-state index < -0.39 is 0 Å². The summed E-state index contributed by atoms with van der Waals surface area (Å²) in [4.78, 5) is 24.8. The van der Waals surface area contributed by atoms with Crippen LogP contribution in [0.25, 0.3) is 0 Å². The molecule has 1 aliphatic heterocycles. The lowest BCUT2D eigenvalue weighted by atomic mass is 10.1. The van der Waals surface area contributed by atoms with E-state index in [4.69, 9.17) is 0 Å². The van der Waals surface area contributed by atoms with Gasteiger partial charge < -0.3 is 0 Å². The highest BCUT2D eigenvalue weighted by Crippen LogP contribution is 2.25. The number of carbonyl (C=O) groups excluding carboxylic acids is 2. The minimum absolute atomic E-state index is 0.0888. The zero-order valence-corrected chi connectivity index (χ0v) is 12.7. The Labute approximate surface area is 121 Å². The number of imide groups is 1. The van der Waals surface area contributed by atoms with Crippen molar-refractivity contribution in [1.82, 2.24) is 0 Å². The largest absolute Gasteiger partial charge is 0.274 e. The number of benzene rings is 1. The van der Waals surface area contributed by atoms with Gasteiger partial charge in [-0.05, 0) is 69.8 Å². The second kappa shape index (κ2) is 4.99. The van der Waals surface area contributed by atoms with Crippen LogP contribution < -0.4 is 4.90 Å². The summed E-state index contributed by atoms with van der Waals surface area (Å²) in [6.07, 6.45) is 1.61. The van der Waals surface area contributed by atoms with Gasteiger partial charge in [0.2, 0.25) is 11.8 Å². The lowest BCUT2D eigenvalue weighted by Gasteiger charge is -2.25. The van der Waals surface area contributed by atoms with Crippen molar-refractivity contribution in [3.05, 3.63) is 25.3 Å². The summed E-state index contributed by atoms with van der Waals surface area (Å²) in [5, 5.41) is 0. The van der Waals surface area contributed by atoms with Gasteiger partial charge >= 0.3 is 0 Å². The van der Waals surface area contributed by atoms with Gasteiger partial charge in [0.15, 0.2) is 0 Å². The normalized spacial score (nSPS) is 16.8. The summed E-state index contributed by atoms with van der Waals surface area (Å²) in [7, 11) is 0. The molecular formula is C11H9I2NO2. The van der Waals surface area contributed by atoms with Gasteiger partial charge in [0, 0.05) is 20.0 Å². The third-order valence-electron chi connectivity index (χ3n) is 2.39. The molecule has 1 saturated heterocycles. The van der Waals surface area contributed by atoms with Crippen molar-refractivity contribution in [1.29, 1.82) is 0 Å². The van der Waals surface area contributed by atoms with E-state index in [1.54, 1.807) is 0 Å². The van der Waals surface area contributed by atoms with E-state index in [1.165, 1.54) is 4.90 Å². The van der Waals surface area contributed by atoms with Crippen molar-refractivity contribution in [3.8, 4) is 0 Å². The summed E-state index contributed by atoms with van der Waals surface area (Å²) < 4.78 is 2.07. The Morgan fingerprint density at radius 2 is 1.44 bits per heavy atom. The van der Waals surface area contributed by atoms with Crippen LogP contribution in [0.1, 0.15) is 19.3 Å². The molecule has 1 heterocycles. The number of carbonyl (C=O) groups is 2. The van der Waals surface area contributed by atoms with E-state index in [9.17, 15) is 9.59 Å². The van der Waals surface area contributed by atoms with Crippen molar-refractivity contribution in [2.45, 2.75) is 19.3 Å². The van der Waals surface area contributed by atoms with Crippen LogP contribution in [-0.2, 0) is 9.59 Å². The summed E-state index contributed by atoms with van der Waals surface area (Å²) >= 11 is 4.37. The number of halogens is 2. The zero-order valence-electron chi connectivity index (χ0n) is 8.37. The maximum atomic E-state index is 11.7. The lowest BCUT2D eigenvalue weighted by molar-refractivity contribution is -0.129. The van der Waals surface area contributed by atoms with Gasteiger partial charge in [-0.2, -0.15) is 0 Å². The lowest BCUT2D eigenvalue weighted by Crippen LogP contribution is -2.40. The molecule has 0 spiro atoms. The highest BCUT2D eigenvalue weighted by Gasteiger charge is 2.27. The van der Waals surface area contributed by atoms with Crippen LogP contribution in [0, 0.1) is 7.14 Å². The Kier molecular flexibility index (Phi) is 3.83. The molecule has 16 heavy (non-hydrogen) atoms. The van der Waals surface area contributed by atoms with Gasteiger partial charge in [-0.25, -0.2) is 0 Å². The van der Waals surface area contributed by atoms with Crippen molar-refractivity contribution in [3.63, 3.8) is 0 Å². The highest BCUT2D eigenvalue weighted by molar-refractivity contribution is 14.1. The van der Waals surface area contributed by atoms with Crippen LogP contribution in [0.15, 0.2) is 18.2 Å². The first-order valence-electron chi connectivity index (χ1n) is 4.90. The van der Waals surface area contributed by atoms with Crippen LogP contribution in [-0.4, -0.2) is 11.8 Å². The van der Waals surface area contributed by atoms with Crippen LogP contribution in [0.3, 0.4) is 0 Å². The SMILES string of the molecule is O=C1CCCC(=O)N1c1cc(I)cc(I)c1. The first-order valence-corrected chi connectivity index (χ1v) is 7.05. The fraction of sp³-hybridized carbons (Fsp3) is 0.273. The second-order valence-electron chi connectivity index (χ2n) is 3.60. The standard InChI is InChI=1S/C11H9I2NO2/c12-7-4-8(13)6-9(5-7)14-10(15)2-1-3-11(14)16/h4-6H,1-3H2. The van der Waals surface area contributed by atoms with Crippen molar-refractivity contribution in [2.24, 2.45) is 0 Å². The topological polar surface area (TPSA) is 37.4 Å². The maximum Gasteiger partial charge on any atom is 0.233 e. The molecular weight excluding hydrogens is 432 g/mol. The first-order chi connectivity index (χ1) is 7.58. The minimum Gasteiger partial charge on any atom is -0.274 e. The molecule has 0 radical (unpaired) electrons. The van der Waals surface area contributed by atoms with E-state index in [1.807, 2.05) is 18.2 Å². The number of nitrogens with zero attached hydrogens (tertiary/aromatic N) is 1. The van der Waals surface area contributed by atoms with Gasteiger partial charge in [-0.3, -0.25) is 14.5 Å². The number of anilines is 1. The highest BCUT2D eigenvalue weighted by atomic mass is 127. The fourth-order valence-electron chi connectivity index (χ4n) is 1.71. The molecule has 0 N–H and O–H groups in total. The third kappa shape index (κ3) is 2.55. The van der Waals surface area contributed by atoms with E-state index in [0.717, 1.165) is 7.14 Å². The first kappa shape index (κ1) is 12.3. The Morgan fingerprint density at radius 3 is 1.94 bits per heavy atom. The molecule has 0 saturated carbocycles. The van der Waals surface area contributed by atoms with Crippen LogP contribution in [0.2, 0.25) is 0 Å². The van der Waals surface area contributed by atoms with Gasteiger partial charge in [0.1, 0.15) is 0 Å². The van der Waals surface area contributed by atoms with Crippen molar-refractivity contribution < 1.29 is 9.59 Å². The molecule has 1 aliphatic rings. The number of amides is 2. The molecule has 84 valence electrons. The second-order valence-corrected chi connectivity index (χ2v) is 6.10. The van der Waals surface area contributed by atoms with Crippen molar-refractivity contribution >= 4 is 62.7 Å². The summed E-state index contributed by atoms with van der Waals surface area (Å²) in [6.45, 7) is 0. The minimum atomic E-state index is -0.0888. The molecule has 1 aromatic rings. The van der Waals surface area contributed by atoms with Crippen LogP contribution in [0.4, 0.5) is 5.69 Å². The van der Waals surface area contributed by atoms with Gasteiger partial charge in [0.25, 0.3) is 0 Å². The molecule has 0 unspecified atom stereocenters. The van der Waals surface area contributed by atoms with E-state index in [2.05, 4.69) is 45.2 Å². The smallest absolute Gasteiger partial charge is 0.233 e. The maximum absolute atomic E-state index is 11.7. The van der Waals surface area contributed by atoms with E-state index >= 15 is 0 Å². The van der Waals surface area contributed by atoms with Crippen LogP contribution >= 0.6 is 45.2 Å². The Bertz CT molecular complexity index is 423. The van der Waals surface area contributed by atoms with Crippen molar-refractivity contribution in [2.75, 3.05) is 4.90 Å². The molecule has 5 heteroatoms. The molecule has 1 aromatic carbocycles. The number of piperidine rings is 1. The quantitative estimate of drug-likeness (QED) is 0.497. The Morgan fingerprint density at radius 1 is 0.938 bits per heavy atom. The fourth-order valence-corrected chi connectivity index (χ4v) is 3.61. The molecule has 0 aliphatic carbocycles. The number of rotatable bonds is 1. The molecule has 2 amide bonds. The van der Waals surface area contributed by atoms with Gasteiger partial charge in [-0.1, -0.05) is 0 Å². The van der Waals surface area contributed by atoms with Crippen LogP contribution in [0.5, 0.6) is 0 Å². The molecule has 2 rings (SSSR count). The molecule has 3 nitrogen and oxygen atoms in total. The Hall–Kier alpha value is -0.180. The summed E-state index contributed by atoms with van der Waals surface area (Å²) in [5.74, 6) is -0.178. The molecule has 1 fully saturated rings. The summed E-state index contributed by atoms with van der Waals surface area (Å²) in [5.41, 5.74) is 0.700. The predicted octanol–water partition coefficient (Wildman–Crippen LogP) is 2.94. The Balaban J connectivity index is 2.41. The zero-order chi connectivity index (χ0) is 11.7. The predicted molar refractivity (Wildman–Crippen MR) is 78.2 cm³/mol. The number of hydrogen-bond acceptors (Lipinski definition) is 2. The van der Waals surface area contributed by atoms with E-state index in [0.29, 0.717) is 24.9 Å². The van der Waals surface area contributed by atoms with Gasteiger partial charge in [-0.15, -0.1) is 0 Å². The number of hydrogen-bond donors (Lipinski definition) is 0. The third-order valence-corrected chi connectivity index (χ3v) is 3.63. The van der Waals surface area contributed by atoms with E-state index in [-0.39, 0.29) is 11.8 Å². The molecule has 0 bridgehead atoms. The summed E-state index contributed by atoms with van der Waals surface area (Å²) in [6, 6.07) is 5.73. The average Bonchev–Trinajstić information content (AvgIpc) is 2.15. The average molecular weight is 441 g/mol. The van der Waals surface area contributed by atoms with Gasteiger partial charge in [0.05, 0.1) is 5.69 Å². The molecule has 0 atom stereocenters. The molecule has 0 aromatic heterocycles.